The highest BCUT2D eigenvalue weighted by atomic mass is 19.4. The molecule has 47 valence electrons. The average Bonchev–Trinajstić information content (AvgIpc) is 1.21. The smallest absolute Gasteiger partial charge is 0.355 e. The van der Waals surface area contributed by atoms with E-state index in [1.165, 1.54) is 0 Å². The third-order valence-electron chi connectivity index (χ3n) is 0.208. The Morgan fingerprint density at radius 3 is 1.88 bits per heavy atom. The Balaban J connectivity index is 3.55. The number of amides is 1. The molecule has 0 rings (SSSR count). The van der Waals surface area contributed by atoms with Gasteiger partial charge in [-0.3, -0.25) is 0 Å². The largest absolute Gasteiger partial charge is 0.576 e. The molecule has 0 heterocycles. The number of nitrogens with one attached hydrogen (secondary N) is 1. The van der Waals surface area contributed by atoms with Crippen LogP contribution in [0, 0.1) is 0 Å². The van der Waals surface area contributed by atoms with Crippen molar-refractivity contribution in [1.29, 1.82) is 0 Å². The first-order valence-electron chi connectivity index (χ1n) is 1.43. The maximum absolute atomic E-state index is 10.7. The third kappa shape index (κ3) is 5.06. The second-order valence-corrected chi connectivity index (χ2v) is 0.835. The van der Waals surface area contributed by atoms with E-state index < -0.39 is 12.5 Å². The highest BCUT2D eigenvalue weighted by Crippen LogP contribution is 2.15. The topological polar surface area (TPSA) is 50.1 Å². The van der Waals surface area contributed by atoms with Crippen molar-refractivity contribution in [2.45, 2.75) is 6.36 Å². The number of hydrogen-bond donors (Lipinski definition) is 0. The normalized spacial score (nSPS) is 10.9. The summed E-state index contributed by atoms with van der Waals surface area (Å²) in [5.41, 5.74) is 5.65. The number of carbonyl (C=O) groups excluding carboxylic acids is 1. The summed E-state index contributed by atoms with van der Waals surface area (Å²) in [6, 6.07) is 0. The first kappa shape index (κ1) is 7.06. The molecule has 0 aliphatic rings. The van der Waals surface area contributed by atoms with Crippen molar-refractivity contribution in [3.05, 3.63) is 0 Å². The van der Waals surface area contributed by atoms with Crippen molar-refractivity contribution in [3.63, 3.8) is 0 Å². The van der Waals surface area contributed by atoms with Crippen LogP contribution in [0.4, 0.5) is 18.0 Å². The van der Waals surface area contributed by atoms with Crippen LogP contribution in [0.15, 0.2) is 0 Å². The fourth-order valence-electron chi connectivity index (χ4n) is 0.105. The van der Waals surface area contributed by atoms with Gasteiger partial charge in [0.05, 0.1) is 0 Å². The molecule has 0 saturated heterocycles. The SMILES string of the molecule is [NH]C(=O)OC(F)(F)F. The zero-order valence-electron chi connectivity index (χ0n) is 3.45. The molecule has 1 radical (unpaired) electrons. The van der Waals surface area contributed by atoms with Crippen molar-refractivity contribution in [1.82, 2.24) is 5.73 Å². The summed E-state index contributed by atoms with van der Waals surface area (Å²) >= 11 is 0. The van der Waals surface area contributed by atoms with Crippen LogP contribution in [0.5, 0.6) is 0 Å². The van der Waals surface area contributed by atoms with Crippen LogP contribution in [0.2, 0.25) is 0 Å². The molecule has 0 spiro atoms. The predicted octanol–water partition coefficient (Wildman–Crippen LogP) is 0.926. The van der Waals surface area contributed by atoms with Gasteiger partial charge in [0.1, 0.15) is 0 Å². The first-order valence-corrected chi connectivity index (χ1v) is 1.43. The lowest BCUT2D eigenvalue weighted by Gasteiger charge is -2.00. The van der Waals surface area contributed by atoms with Gasteiger partial charge in [-0.2, -0.15) is 0 Å². The maximum Gasteiger partial charge on any atom is 0.576 e. The minimum atomic E-state index is -5.02. The van der Waals surface area contributed by atoms with Crippen LogP contribution >= 0.6 is 0 Å². The first-order chi connectivity index (χ1) is 3.42. The summed E-state index contributed by atoms with van der Waals surface area (Å²) in [5, 5.41) is 0. The number of halogens is 3. The van der Waals surface area contributed by atoms with Gasteiger partial charge in [0.25, 0.3) is 0 Å². The number of carbonyl (C=O) groups is 1. The third-order valence-corrected chi connectivity index (χ3v) is 0.208. The summed E-state index contributed by atoms with van der Waals surface area (Å²) in [7, 11) is 0. The quantitative estimate of drug-likeness (QED) is 0.487. The van der Waals surface area contributed by atoms with Crippen LogP contribution < -0.4 is 5.73 Å². The van der Waals surface area contributed by atoms with Crippen molar-refractivity contribution in [2.24, 2.45) is 0 Å². The highest BCUT2D eigenvalue weighted by Gasteiger charge is 2.33. The van der Waals surface area contributed by atoms with Crippen LogP contribution in [0.3, 0.4) is 0 Å². The number of rotatable bonds is 0. The molecule has 1 N–H and O–H groups in total. The molecule has 0 fully saturated rings. The van der Waals surface area contributed by atoms with Crippen LogP contribution in [-0.4, -0.2) is 12.5 Å². The monoisotopic (exact) mass is 128 g/mol. The second kappa shape index (κ2) is 1.89. The van der Waals surface area contributed by atoms with Gasteiger partial charge >= 0.3 is 12.5 Å². The van der Waals surface area contributed by atoms with Crippen molar-refractivity contribution >= 4 is 6.09 Å². The van der Waals surface area contributed by atoms with Crippen molar-refractivity contribution in [2.75, 3.05) is 0 Å². The molecule has 0 aromatic heterocycles. The summed E-state index contributed by atoms with van der Waals surface area (Å²) in [6.07, 6.45) is -7.11. The van der Waals surface area contributed by atoms with E-state index in [1.54, 1.807) is 0 Å². The molecule has 0 bridgehead atoms. The van der Waals surface area contributed by atoms with Gasteiger partial charge in [0, 0.05) is 0 Å². The molecule has 0 aromatic carbocycles. The Morgan fingerprint density at radius 2 is 1.88 bits per heavy atom. The van der Waals surface area contributed by atoms with E-state index in [2.05, 4.69) is 4.74 Å². The Morgan fingerprint density at radius 1 is 1.50 bits per heavy atom. The Labute approximate surface area is 42.2 Å². The van der Waals surface area contributed by atoms with Gasteiger partial charge in [0.2, 0.25) is 0 Å². The van der Waals surface area contributed by atoms with Gasteiger partial charge < -0.3 is 4.74 Å². The van der Waals surface area contributed by atoms with E-state index in [1.807, 2.05) is 0 Å². The average molecular weight is 128 g/mol. The molecule has 6 heteroatoms. The summed E-state index contributed by atoms with van der Waals surface area (Å²) in [5.74, 6) is 0. The maximum atomic E-state index is 10.7. The molecule has 0 aromatic rings. The Hall–Kier alpha value is -0.940. The molecular weight excluding hydrogens is 127 g/mol. The lowest BCUT2D eigenvalue weighted by atomic mass is 11.2. The molecule has 1 amide bonds. The summed E-state index contributed by atoms with van der Waals surface area (Å²) < 4.78 is 34.7. The Bertz CT molecular complexity index is 97.9. The summed E-state index contributed by atoms with van der Waals surface area (Å²) in [4.78, 5) is 9.18. The van der Waals surface area contributed by atoms with Crippen LogP contribution in [-0.2, 0) is 4.74 Å². The van der Waals surface area contributed by atoms with E-state index >= 15 is 0 Å². The second-order valence-electron chi connectivity index (χ2n) is 0.835. The van der Waals surface area contributed by atoms with Gasteiger partial charge in [-0.1, -0.05) is 0 Å². The highest BCUT2D eigenvalue weighted by molar-refractivity contribution is 5.63. The molecule has 0 unspecified atom stereocenters. The van der Waals surface area contributed by atoms with Crippen molar-refractivity contribution in [3.8, 4) is 0 Å². The lowest BCUT2D eigenvalue weighted by Crippen LogP contribution is -2.18. The fraction of sp³-hybridized carbons (Fsp3) is 0.500. The lowest BCUT2D eigenvalue weighted by molar-refractivity contribution is -0.290. The molecule has 8 heavy (non-hydrogen) atoms. The Kier molecular flexibility index (Phi) is 1.67. The zero-order valence-corrected chi connectivity index (χ0v) is 3.45. The molecule has 0 aliphatic heterocycles. The number of hydrogen-bond acceptors (Lipinski definition) is 2. The number of ether oxygens (including phenoxy) is 1. The van der Waals surface area contributed by atoms with Gasteiger partial charge in [-0.25, -0.2) is 10.5 Å². The van der Waals surface area contributed by atoms with Gasteiger partial charge in [-0.15, -0.1) is 13.2 Å². The van der Waals surface area contributed by atoms with E-state index in [4.69, 9.17) is 5.73 Å². The minimum Gasteiger partial charge on any atom is -0.355 e. The van der Waals surface area contributed by atoms with Gasteiger partial charge in [-0.05, 0) is 0 Å². The molecule has 0 atom stereocenters. The molecular formula is C2HF3NO2. The molecule has 0 aliphatic carbocycles. The number of alkyl halides is 3. The van der Waals surface area contributed by atoms with Crippen molar-refractivity contribution < 1.29 is 22.7 Å². The predicted molar refractivity (Wildman–Crippen MR) is 15.6 cm³/mol. The molecule has 3 nitrogen and oxygen atoms in total. The van der Waals surface area contributed by atoms with Gasteiger partial charge in [0.15, 0.2) is 0 Å². The van der Waals surface area contributed by atoms with E-state index in [9.17, 15) is 18.0 Å². The van der Waals surface area contributed by atoms with Crippen LogP contribution in [0.1, 0.15) is 0 Å². The molecule has 0 saturated carbocycles. The zero-order chi connectivity index (χ0) is 6.78. The van der Waals surface area contributed by atoms with E-state index in [-0.39, 0.29) is 0 Å². The summed E-state index contributed by atoms with van der Waals surface area (Å²) in [6.45, 7) is 0. The fourth-order valence-corrected chi connectivity index (χ4v) is 0.105. The van der Waals surface area contributed by atoms with E-state index in [0.29, 0.717) is 0 Å². The van der Waals surface area contributed by atoms with E-state index in [0.717, 1.165) is 0 Å². The van der Waals surface area contributed by atoms with Crippen LogP contribution in [0.25, 0.3) is 0 Å². The standard InChI is InChI=1S/C2HF3NO2/c3-2(4,5)8-1(6)7/h6H. The minimum absolute atomic E-state index is 2.10.